The first-order chi connectivity index (χ1) is 7.76. The van der Waals surface area contributed by atoms with Crippen LogP contribution in [0.3, 0.4) is 0 Å². The zero-order valence-electron chi connectivity index (χ0n) is 9.16. The van der Waals surface area contributed by atoms with Crippen molar-refractivity contribution in [3.05, 3.63) is 35.4 Å². The van der Waals surface area contributed by atoms with E-state index in [2.05, 4.69) is 15.7 Å². The van der Waals surface area contributed by atoms with Crippen LogP contribution in [0, 0.1) is 0 Å². The van der Waals surface area contributed by atoms with Crippen LogP contribution in [0.5, 0.6) is 0 Å². The minimum Gasteiger partial charge on any atom is -0.373 e. The molecule has 0 unspecified atom stereocenters. The second-order valence-electron chi connectivity index (χ2n) is 3.28. The van der Waals surface area contributed by atoms with Gasteiger partial charge in [0, 0.05) is 20.2 Å². The van der Waals surface area contributed by atoms with Crippen LogP contribution in [0.4, 0.5) is 11.6 Å². The van der Waals surface area contributed by atoms with Crippen LogP contribution >= 0.6 is 11.6 Å². The fourth-order valence-electron chi connectivity index (χ4n) is 1.49. The molecule has 2 rings (SSSR count). The molecule has 84 valence electrons. The highest BCUT2D eigenvalue weighted by Gasteiger charge is 2.09. The van der Waals surface area contributed by atoms with E-state index in [1.54, 1.807) is 4.68 Å². The van der Waals surface area contributed by atoms with Crippen molar-refractivity contribution in [2.24, 2.45) is 0 Å². The Morgan fingerprint density at radius 3 is 2.56 bits per heavy atom. The smallest absolute Gasteiger partial charge is 0.150 e. The van der Waals surface area contributed by atoms with Gasteiger partial charge in [0.2, 0.25) is 0 Å². The van der Waals surface area contributed by atoms with Crippen LogP contribution in [0.2, 0.25) is 5.02 Å². The Morgan fingerprint density at radius 2 is 1.94 bits per heavy atom. The summed E-state index contributed by atoms with van der Waals surface area (Å²) in [4.78, 5) is 0. The molecule has 2 aromatic rings. The highest BCUT2D eigenvalue weighted by Crippen LogP contribution is 2.24. The molecular formula is C11H13ClN4. The molecule has 0 aliphatic carbocycles. The van der Waals surface area contributed by atoms with E-state index in [9.17, 15) is 0 Å². The number of nitrogens with zero attached hydrogens (tertiary/aromatic N) is 2. The molecule has 1 heterocycles. The molecule has 16 heavy (non-hydrogen) atoms. The summed E-state index contributed by atoms with van der Waals surface area (Å²) in [6, 6.07) is 9.52. The molecule has 0 atom stereocenters. The van der Waals surface area contributed by atoms with E-state index < -0.39 is 0 Å². The molecule has 0 amide bonds. The zero-order valence-corrected chi connectivity index (χ0v) is 9.92. The topological polar surface area (TPSA) is 41.9 Å². The fourth-order valence-corrected chi connectivity index (χ4v) is 1.70. The number of hydrogen-bond acceptors (Lipinski definition) is 3. The van der Waals surface area contributed by atoms with Crippen molar-refractivity contribution in [3.63, 3.8) is 0 Å². The molecule has 0 spiro atoms. The van der Waals surface area contributed by atoms with Gasteiger partial charge in [0.1, 0.15) is 11.6 Å². The van der Waals surface area contributed by atoms with Crippen LogP contribution in [0.25, 0.3) is 5.69 Å². The Bertz CT molecular complexity index is 492. The lowest BCUT2D eigenvalue weighted by Gasteiger charge is -2.07. The van der Waals surface area contributed by atoms with Gasteiger partial charge in [-0.2, -0.15) is 0 Å². The minimum absolute atomic E-state index is 0.671. The SMILES string of the molecule is CNc1cc(NC)n(-c2ccccc2Cl)n1. The standard InChI is InChI=1S/C11H13ClN4/c1-13-10-7-11(14-2)16(15-10)9-6-4-3-5-8(9)12/h3-7,14H,1-2H3,(H,13,15). The van der Waals surface area contributed by atoms with E-state index in [0.717, 1.165) is 17.3 Å². The van der Waals surface area contributed by atoms with Gasteiger partial charge in [0.15, 0.2) is 0 Å². The molecule has 0 saturated carbocycles. The quantitative estimate of drug-likeness (QED) is 0.861. The first kappa shape index (κ1) is 10.8. The van der Waals surface area contributed by atoms with Crippen molar-refractivity contribution in [2.75, 3.05) is 24.7 Å². The Balaban J connectivity index is 2.54. The van der Waals surface area contributed by atoms with Crippen LogP contribution in [-0.4, -0.2) is 23.9 Å². The van der Waals surface area contributed by atoms with E-state index in [1.165, 1.54) is 0 Å². The van der Waals surface area contributed by atoms with E-state index in [-0.39, 0.29) is 0 Å². The van der Waals surface area contributed by atoms with Gasteiger partial charge < -0.3 is 10.6 Å². The molecule has 5 heteroatoms. The molecule has 0 aliphatic heterocycles. The van der Waals surface area contributed by atoms with Crippen molar-refractivity contribution in [1.82, 2.24) is 9.78 Å². The predicted molar refractivity (Wildman–Crippen MR) is 67.7 cm³/mol. The summed E-state index contributed by atoms with van der Waals surface area (Å²) >= 11 is 6.13. The molecule has 0 radical (unpaired) electrons. The van der Waals surface area contributed by atoms with Crippen LogP contribution in [-0.2, 0) is 0 Å². The van der Waals surface area contributed by atoms with E-state index in [1.807, 2.05) is 44.4 Å². The fraction of sp³-hybridized carbons (Fsp3) is 0.182. The lowest BCUT2D eigenvalue weighted by atomic mass is 10.3. The van der Waals surface area contributed by atoms with Gasteiger partial charge >= 0.3 is 0 Å². The highest BCUT2D eigenvalue weighted by atomic mass is 35.5. The molecule has 0 saturated heterocycles. The van der Waals surface area contributed by atoms with Gasteiger partial charge in [-0.05, 0) is 12.1 Å². The number of halogens is 1. The maximum absolute atomic E-state index is 6.13. The predicted octanol–water partition coefficient (Wildman–Crippen LogP) is 2.61. The zero-order chi connectivity index (χ0) is 11.5. The second kappa shape index (κ2) is 4.45. The maximum atomic E-state index is 6.13. The summed E-state index contributed by atoms with van der Waals surface area (Å²) in [5, 5.41) is 11.1. The molecule has 0 aliphatic rings. The van der Waals surface area contributed by atoms with E-state index in [4.69, 9.17) is 11.6 Å². The van der Waals surface area contributed by atoms with Gasteiger partial charge in [-0.3, -0.25) is 0 Å². The van der Waals surface area contributed by atoms with Gasteiger partial charge in [-0.1, -0.05) is 23.7 Å². The molecule has 1 aromatic heterocycles. The molecule has 1 aromatic carbocycles. The molecule has 4 nitrogen and oxygen atoms in total. The number of para-hydroxylation sites is 1. The third-order valence-electron chi connectivity index (χ3n) is 2.30. The summed E-state index contributed by atoms with van der Waals surface area (Å²) in [5.41, 5.74) is 0.856. The summed E-state index contributed by atoms with van der Waals surface area (Å²) in [7, 11) is 3.68. The molecule has 0 bridgehead atoms. The highest BCUT2D eigenvalue weighted by molar-refractivity contribution is 6.32. The Labute approximate surface area is 99.2 Å². The molecular weight excluding hydrogens is 224 g/mol. The van der Waals surface area contributed by atoms with Gasteiger partial charge in [-0.25, -0.2) is 4.68 Å². The van der Waals surface area contributed by atoms with Gasteiger partial charge in [-0.15, -0.1) is 5.10 Å². The van der Waals surface area contributed by atoms with Crippen LogP contribution < -0.4 is 10.6 Å². The number of rotatable bonds is 3. The Hall–Kier alpha value is -1.68. The summed E-state index contributed by atoms with van der Waals surface area (Å²) in [5.74, 6) is 1.68. The van der Waals surface area contributed by atoms with Crippen molar-refractivity contribution >= 4 is 23.2 Å². The number of nitrogens with one attached hydrogen (secondary N) is 2. The minimum atomic E-state index is 0.671. The lowest BCUT2D eigenvalue weighted by molar-refractivity contribution is 0.888. The van der Waals surface area contributed by atoms with Crippen molar-refractivity contribution in [2.45, 2.75) is 0 Å². The first-order valence-electron chi connectivity index (χ1n) is 4.96. The normalized spacial score (nSPS) is 10.2. The first-order valence-corrected chi connectivity index (χ1v) is 5.34. The Kier molecular flexibility index (Phi) is 3.01. The van der Waals surface area contributed by atoms with Crippen molar-refractivity contribution in [1.29, 1.82) is 0 Å². The van der Waals surface area contributed by atoms with Crippen molar-refractivity contribution < 1.29 is 0 Å². The number of aromatic nitrogens is 2. The van der Waals surface area contributed by atoms with Crippen LogP contribution in [0.1, 0.15) is 0 Å². The average molecular weight is 237 g/mol. The third kappa shape index (κ3) is 1.84. The monoisotopic (exact) mass is 236 g/mol. The number of hydrogen-bond donors (Lipinski definition) is 2. The van der Waals surface area contributed by atoms with Gasteiger partial charge in [0.25, 0.3) is 0 Å². The maximum Gasteiger partial charge on any atom is 0.150 e. The molecule has 0 fully saturated rings. The second-order valence-corrected chi connectivity index (χ2v) is 3.69. The number of anilines is 2. The van der Waals surface area contributed by atoms with E-state index in [0.29, 0.717) is 5.02 Å². The van der Waals surface area contributed by atoms with Crippen LogP contribution in [0.15, 0.2) is 30.3 Å². The average Bonchev–Trinajstić information content (AvgIpc) is 2.72. The lowest BCUT2D eigenvalue weighted by Crippen LogP contribution is -2.03. The summed E-state index contributed by atoms with van der Waals surface area (Å²) < 4.78 is 1.77. The summed E-state index contributed by atoms with van der Waals surface area (Å²) in [6.07, 6.45) is 0. The third-order valence-corrected chi connectivity index (χ3v) is 2.62. The molecule has 2 N–H and O–H groups in total. The van der Waals surface area contributed by atoms with Crippen molar-refractivity contribution in [3.8, 4) is 5.69 Å². The Morgan fingerprint density at radius 1 is 1.19 bits per heavy atom. The summed E-state index contributed by atoms with van der Waals surface area (Å²) in [6.45, 7) is 0. The largest absolute Gasteiger partial charge is 0.373 e. The van der Waals surface area contributed by atoms with Gasteiger partial charge in [0.05, 0.1) is 10.7 Å². The van der Waals surface area contributed by atoms with E-state index >= 15 is 0 Å². The number of benzene rings is 1.